The van der Waals surface area contributed by atoms with E-state index >= 15 is 0 Å². The summed E-state index contributed by atoms with van der Waals surface area (Å²) in [7, 11) is 1.28. The number of amides is 1. The lowest BCUT2D eigenvalue weighted by Gasteiger charge is -2.10. The van der Waals surface area contributed by atoms with Crippen molar-refractivity contribution in [2.45, 2.75) is 19.9 Å². The summed E-state index contributed by atoms with van der Waals surface area (Å²) in [6, 6.07) is 6.68. The van der Waals surface area contributed by atoms with Gasteiger partial charge in [-0.3, -0.25) is 4.79 Å². The Hall–Kier alpha value is -2.30. The van der Waals surface area contributed by atoms with Crippen LogP contribution in [0.1, 0.15) is 23.0 Å². The Bertz CT molecular complexity index is 629. The number of benzene rings is 1. The predicted molar refractivity (Wildman–Crippen MR) is 69.9 cm³/mol. The van der Waals surface area contributed by atoms with Gasteiger partial charge in [-0.25, -0.2) is 4.79 Å². The highest BCUT2D eigenvalue weighted by Crippen LogP contribution is 2.24. The van der Waals surface area contributed by atoms with Crippen LogP contribution in [0.3, 0.4) is 0 Å². The van der Waals surface area contributed by atoms with E-state index in [4.69, 9.17) is 4.42 Å². The SMILES string of the molecule is COC(=O)C(C)NC(=O)c1oc2ccccc2c1C. The smallest absolute Gasteiger partial charge is 0.328 e. The summed E-state index contributed by atoms with van der Waals surface area (Å²) < 4.78 is 10.1. The molecule has 0 aliphatic rings. The summed E-state index contributed by atoms with van der Waals surface area (Å²) in [5.41, 5.74) is 1.40. The zero-order chi connectivity index (χ0) is 14.0. The van der Waals surface area contributed by atoms with Gasteiger partial charge < -0.3 is 14.5 Å². The molecule has 1 amide bonds. The number of methoxy groups -OCH3 is 1. The lowest BCUT2D eigenvalue weighted by Crippen LogP contribution is -2.39. The van der Waals surface area contributed by atoms with Gasteiger partial charge in [0.05, 0.1) is 7.11 Å². The van der Waals surface area contributed by atoms with Crippen molar-refractivity contribution in [3.8, 4) is 0 Å². The highest BCUT2D eigenvalue weighted by molar-refractivity contribution is 6.00. The molecule has 2 rings (SSSR count). The second kappa shape index (κ2) is 5.14. The van der Waals surface area contributed by atoms with Gasteiger partial charge in [0.2, 0.25) is 0 Å². The quantitative estimate of drug-likeness (QED) is 0.858. The number of ether oxygens (including phenoxy) is 1. The second-order valence-electron chi connectivity index (χ2n) is 4.27. The minimum absolute atomic E-state index is 0.219. The van der Waals surface area contributed by atoms with Crippen LogP contribution in [0.15, 0.2) is 28.7 Å². The number of hydrogen-bond donors (Lipinski definition) is 1. The Labute approximate surface area is 110 Å². The Morgan fingerprint density at radius 2 is 2.00 bits per heavy atom. The van der Waals surface area contributed by atoms with Gasteiger partial charge in [-0.15, -0.1) is 0 Å². The van der Waals surface area contributed by atoms with Gasteiger partial charge in [0.25, 0.3) is 5.91 Å². The van der Waals surface area contributed by atoms with E-state index in [1.807, 2.05) is 25.1 Å². The molecule has 0 aliphatic heterocycles. The van der Waals surface area contributed by atoms with Crippen LogP contribution >= 0.6 is 0 Å². The third kappa shape index (κ3) is 2.45. The molecular formula is C14H15NO4. The van der Waals surface area contributed by atoms with Gasteiger partial charge in [-0.05, 0) is 19.9 Å². The zero-order valence-corrected chi connectivity index (χ0v) is 11.0. The van der Waals surface area contributed by atoms with E-state index in [2.05, 4.69) is 10.1 Å². The van der Waals surface area contributed by atoms with Gasteiger partial charge in [0, 0.05) is 10.9 Å². The third-order valence-electron chi connectivity index (χ3n) is 2.95. The molecule has 2 aromatic rings. The van der Waals surface area contributed by atoms with E-state index in [0.29, 0.717) is 5.58 Å². The van der Waals surface area contributed by atoms with Crippen LogP contribution in [0.5, 0.6) is 0 Å². The number of furan rings is 1. The molecule has 0 spiro atoms. The summed E-state index contributed by atoms with van der Waals surface area (Å²) in [6.45, 7) is 3.37. The molecule has 1 aromatic heterocycles. The highest BCUT2D eigenvalue weighted by Gasteiger charge is 2.22. The Morgan fingerprint density at radius 3 is 2.63 bits per heavy atom. The van der Waals surface area contributed by atoms with Crippen LogP contribution in [-0.4, -0.2) is 25.0 Å². The van der Waals surface area contributed by atoms with Crippen LogP contribution in [0.2, 0.25) is 0 Å². The van der Waals surface area contributed by atoms with Crippen LogP contribution in [-0.2, 0) is 9.53 Å². The molecule has 0 bridgehead atoms. The van der Waals surface area contributed by atoms with Gasteiger partial charge in [0.1, 0.15) is 11.6 Å². The predicted octanol–water partition coefficient (Wildman–Crippen LogP) is 2.03. The number of nitrogens with one attached hydrogen (secondary N) is 1. The zero-order valence-electron chi connectivity index (χ0n) is 11.0. The Morgan fingerprint density at radius 1 is 1.32 bits per heavy atom. The molecule has 1 atom stereocenters. The van der Waals surface area contributed by atoms with Crippen molar-refractivity contribution in [2.24, 2.45) is 0 Å². The van der Waals surface area contributed by atoms with Crippen molar-refractivity contribution in [1.29, 1.82) is 0 Å². The number of rotatable bonds is 3. The summed E-state index contributed by atoms with van der Waals surface area (Å²) in [5, 5.41) is 3.43. The van der Waals surface area contributed by atoms with Crippen LogP contribution in [0, 0.1) is 6.92 Å². The molecule has 5 heteroatoms. The molecule has 1 unspecified atom stereocenters. The van der Waals surface area contributed by atoms with Crippen molar-refractivity contribution in [3.05, 3.63) is 35.6 Å². The van der Waals surface area contributed by atoms with Gasteiger partial charge in [-0.1, -0.05) is 18.2 Å². The van der Waals surface area contributed by atoms with Crippen molar-refractivity contribution >= 4 is 22.8 Å². The van der Waals surface area contributed by atoms with Crippen LogP contribution in [0.4, 0.5) is 0 Å². The average Bonchev–Trinajstić information content (AvgIpc) is 2.75. The molecule has 0 aliphatic carbocycles. The number of carbonyl (C=O) groups excluding carboxylic acids is 2. The first kappa shape index (κ1) is 13.1. The topological polar surface area (TPSA) is 68.5 Å². The van der Waals surface area contributed by atoms with E-state index in [1.54, 1.807) is 13.0 Å². The molecule has 0 saturated heterocycles. The lowest BCUT2D eigenvalue weighted by atomic mass is 10.1. The Balaban J connectivity index is 2.27. The molecule has 100 valence electrons. The number of carbonyl (C=O) groups is 2. The summed E-state index contributed by atoms with van der Waals surface area (Å²) in [5.74, 6) is -0.703. The fourth-order valence-electron chi connectivity index (χ4n) is 1.89. The normalized spacial score (nSPS) is 12.2. The monoisotopic (exact) mass is 261 g/mol. The average molecular weight is 261 g/mol. The van der Waals surface area contributed by atoms with Crippen LogP contribution < -0.4 is 5.32 Å². The van der Waals surface area contributed by atoms with E-state index in [9.17, 15) is 9.59 Å². The molecule has 1 heterocycles. The molecule has 19 heavy (non-hydrogen) atoms. The van der Waals surface area contributed by atoms with Crippen molar-refractivity contribution in [1.82, 2.24) is 5.32 Å². The molecule has 0 fully saturated rings. The minimum atomic E-state index is -0.717. The maximum Gasteiger partial charge on any atom is 0.328 e. The van der Waals surface area contributed by atoms with E-state index in [0.717, 1.165) is 10.9 Å². The second-order valence-corrected chi connectivity index (χ2v) is 4.27. The molecule has 5 nitrogen and oxygen atoms in total. The van der Waals surface area contributed by atoms with E-state index in [-0.39, 0.29) is 5.76 Å². The summed E-state index contributed by atoms with van der Waals surface area (Å²) in [4.78, 5) is 23.3. The number of aryl methyl sites for hydroxylation is 1. The third-order valence-corrected chi connectivity index (χ3v) is 2.95. The number of fused-ring (bicyclic) bond motifs is 1. The maximum atomic E-state index is 12.1. The van der Waals surface area contributed by atoms with E-state index in [1.165, 1.54) is 7.11 Å². The maximum absolute atomic E-state index is 12.1. The number of para-hydroxylation sites is 1. The van der Waals surface area contributed by atoms with Gasteiger partial charge >= 0.3 is 5.97 Å². The number of esters is 1. The van der Waals surface area contributed by atoms with Crippen molar-refractivity contribution in [3.63, 3.8) is 0 Å². The van der Waals surface area contributed by atoms with E-state index < -0.39 is 17.9 Å². The van der Waals surface area contributed by atoms with Gasteiger partial charge in [-0.2, -0.15) is 0 Å². The molecule has 0 radical (unpaired) electrons. The first-order valence-corrected chi connectivity index (χ1v) is 5.91. The lowest BCUT2D eigenvalue weighted by molar-refractivity contribution is -0.142. The van der Waals surface area contributed by atoms with Crippen LogP contribution in [0.25, 0.3) is 11.0 Å². The summed E-state index contributed by atoms with van der Waals surface area (Å²) >= 11 is 0. The molecule has 0 saturated carbocycles. The molecule has 1 aromatic carbocycles. The fourth-order valence-corrected chi connectivity index (χ4v) is 1.89. The highest BCUT2D eigenvalue weighted by atomic mass is 16.5. The molecular weight excluding hydrogens is 246 g/mol. The fraction of sp³-hybridized carbons (Fsp3) is 0.286. The number of hydrogen-bond acceptors (Lipinski definition) is 4. The largest absolute Gasteiger partial charge is 0.467 e. The first-order chi connectivity index (χ1) is 9.04. The van der Waals surface area contributed by atoms with Crippen molar-refractivity contribution in [2.75, 3.05) is 7.11 Å². The minimum Gasteiger partial charge on any atom is -0.467 e. The summed E-state index contributed by atoms with van der Waals surface area (Å²) in [6.07, 6.45) is 0. The van der Waals surface area contributed by atoms with Gasteiger partial charge in [0.15, 0.2) is 5.76 Å². The Kier molecular flexibility index (Phi) is 3.55. The standard InChI is InChI=1S/C14H15NO4/c1-8-10-6-4-5-7-11(10)19-12(8)13(16)15-9(2)14(17)18-3/h4-7,9H,1-3H3,(H,15,16). The van der Waals surface area contributed by atoms with Crippen molar-refractivity contribution < 1.29 is 18.7 Å². The first-order valence-electron chi connectivity index (χ1n) is 5.91. The molecule has 1 N–H and O–H groups in total.